The molecule has 0 aliphatic heterocycles. The molecule has 0 bridgehead atoms. The van der Waals surface area contributed by atoms with E-state index in [9.17, 15) is 4.79 Å². The standard InChI is InChI=1S/C6H14N2O2/c1-3-4-5-8(10-2)6(7)9/h3-5H2,1-2H3,(H2,7,9). The van der Waals surface area contributed by atoms with Crippen LogP contribution in [-0.4, -0.2) is 24.7 Å². The Morgan fingerprint density at radius 3 is 2.60 bits per heavy atom. The molecule has 0 atom stereocenters. The Bertz CT molecular complexity index is 106. The summed E-state index contributed by atoms with van der Waals surface area (Å²) in [6.45, 7) is 2.61. The lowest BCUT2D eigenvalue weighted by Gasteiger charge is -2.15. The SMILES string of the molecule is CCCCN(OC)C(N)=O. The fraction of sp³-hybridized carbons (Fsp3) is 0.833. The Labute approximate surface area is 60.9 Å². The first-order valence-electron chi connectivity index (χ1n) is 3.33. The van der Waals surface area contributed by atoms with Crippen LogP contribution < -0.4 is 5.73 Å². The van der Waals surface area contributed by atoms with Gasteiger partial charge in [-0.1, -0.05) is 13.3 Å². The molecule has 0 spiro atoms. The van der Waals surface area contributed by atoms with Crippen LogP contribution in [0.25, 0.3) is 0 Å². The summed E-state index contributed by atoms with van der Waals surface area (Å²) in [5.74, 6) is 0. The smallest absolute Gasteiger partial charge is 0.338 e. The number of hydroxylamine groups is 2. The Kier molecular flexibility index (Phi) is 4.66. The Hall–Kier alpha value is -0.770. The van der Waals surface area contributed by atoms with Crippen LogP contribution in [-0.2, 0) is 4.84 Å². The molecule has 4 nitrogen and oxygen atoms in total. The third kappa shape index (κ3) is 3.29. The summed E-state index contributed by atoms with van der Waals surface area (Å²) >= 11 is 0. The van der Waals surface area contributed by atoms with Crippen molar-refractivity contribution in [3.05, 3.63) is 0 Å². The second kappa shape index (κ2) is 5.05. The Morgan fingerprint density at radius 2 is 2.30 bits per heavy atom. The van der Waals surface area contributed by atoms with E-state index in [1.54, 1.807) is 0 Å². The van der Waals surface area contributed by atoms with E-state index in [1.165, 1.54) is 7.11 Å². The third-order valence-corrected chi connectivity index (χ3v) is 1.18. The molecule has 0 radical (unpaired) electrons. The van der Waals surface area contributed by atoms with Gasteiger partial charge in [0.05, 0.1) is 13.7 Å². The van der Waals surface area contributed by atoms with Gasteiger partial charge in [0, 0.05) is 0 Å². The van der Waals surface area contributed by atoms with Crippen molar-refractivity contribution in [2.24, 2.45) is 5.73 Å². The van der Waals surface area contributed by atoms with E-state index >= 15 is 0 Å². The minimum Gasteiger partial charge on any atom is -0.350 e. The molecule has 0 aliphatic rings. The highest BCUT2D eigenvalue weighted by molar-refractivity contribution is 5.70. The monoisotopic (exact) mass is 146 g/mol. The summed E-state index contributed by atoms with van der Waals surface area (Å²) in [7, 11) is 1.43. The molecule has 0 fully saturated rings. The maximum Gasteiger partial charge on any atom is 0.338 e. The molecule has 0 heterocycles. The molecular weight excluding hydrogens is 132 g/mol. The molecular formula is C6H14N2O2. The van der Waals surface area contributed by atoms with Crippen LogP contribution in [0.5, 0.6) is 0 Å². The van der Waals surface area contributed by atoms with Gasteiger partial charge in [-0.05, 0) is 6.42 Å². The molecule has 0 aromatic rings. The number of carbonyl (C=O) groups is 1. The van der Waals surface area contributed by atoms with Gasteiger partial charge in [0.15, 0.2) is 0 Å². The van der Waals surface area contributed by atoms with Gasteiger partial charge in [-0.25, -0.2) is 9.86 Å². The number of rotatable bonds is 4. The van der Waals surface area contributed by atoms with E-state index in [0.717, 1.165) is 17.9 Å². The van der Waals surface area contributed by atoms with Crippen molar-refractivity contribution in [2.75, 3.05) is 13.7 Å². The molecule has 2 N–H and O–H groups in total. The summed E-state index contributed by atoms with van der Waals surface area (Å²) < 4.78 is 0. The second-order valence-electron chi connectivity index (χ2n) is 1.98. The molecule has 4 heteroatoms. The molecule has 0 unspecified atom stereocenters. The lowest BCUT2D eigenvalue weighted by Crippen LogP contribution is -2.35. The number of urea groups is 1. The first-order chi connectivity index (χ1) is 4.72. The van der Waals surface area contributed by atoms with Crippen molar-refractivity contribution in [1.29, 1.82) is 0 Å². The number of hydrogen-bond acceptors (Lipinski definition) is 2. The normalized spacial score (nSPS) is 9.40. The van der Waals surface area contributed by atoms with Crippen molar-refractivity contribution in [3.8, 4) is 0 Å². The first-order valence-corrected chi connectivity index (χ1v) is 3.33. The molecule has 0 saturated carbocycles. The van der Waals surface area contributed by atoms with Crippen LogP contribution in [0.2, 0.25) is 0 Å². The quantitative estimate of drug-likeness (QED) is 0.594. The molecule has 2 amide bonds. The van der Waals surface area contributed by atoms with Gasteiger partial charge in [0.25, 0.3) is 0 Å². The zero-order valence-corrected chi connectivity index (χ0v) is 6.46. The van der Waals surface area contributed by atoms with Gasteiger partial charge in [-0.3, -0.25) is 4.84 Å². The minimum atomic E-state index is -0.532. The second-order valence-corrected chi connectivity index (χ2v) is 1.98. The fourth-order valence-electron chi connectivity index (χ4n) is 0.593. The van der Waals surface area contributed by atoms with Crippen molar-refractivity contribution in [3.63, 3.8) is 0 Å². The van der Waals surface area contributed by atoms with Gasteiger partial charge in [0.2, 0.25) is 0 Å². The third-order valence-electron chi connectivity index (χ3n) is 1.18. The molecule has 60 valence electrons. The maximum absolute atomic E-state index is 10.5. The average Bonchev–Trinajstić information content (AvgIpc) is 1.89. The topological polar surface area (TPSA) is 55.6 Å². The van der Waals surface area contributed by atoms with Crippen LogP contribution in [0.3, 0.4) is 0 Å². The zero-order chi connectivity index (χ0) is 7.98. The van der Waals surface area contributed by atoms with E-state index in [1.807, 2.05) is 6.92 Å². The molecule has 0 saturated heterocycles. The largest absolute Gasteiger partial charge is 0.350 e. The predicted molar refractivity (Wildman–Crippen MR) is 38.2 cm³/mol. The summed E-state index contributed by atoms with van der Waals surface area (Å²) in [5.41, 5.74) is 4.95. The summed E-state index contributed by atoms with van der Waals surface area (Å²) in [4.78, 5) is 15.1. The molecule has 0 aromatic heterocycles. The Balaban J connectivity index is 3.50. The van der Waals surface area contributed by atoms with Gasteiger partial charge < -0.3 is 5.73 Å². The van der Waals surface area contributed by atoms with E-state index in [-0.39, 0.29) is 0 Å². The van der Waals surface area contributed by atoms with E-state index in [0.29, 0.717) is 6.54 Å². The molecule has 0 aromatic carbocycles. The number of primary amides is 1. The summed E-state index contributed by atoms with van der Waals surface area (Å²) in [6, 6.07) is -0.532. The van der Waals surface area contributed by atoms with Crippen molar-refractivity contribution in [1.82, 2.24) is 5.06 Å². The van der Waals surface area contributed by atoms with Crippen LogP contribution in [0.15, 0.2) is 0 Å². The number of amides is 2. The summed E-state index contributed by atoms with van der Waals surface area (Å²) in [5, 5.41) is 1.14. The van der Waals surface area contributed by atoms with E-state index in [2.05, 4.69) is 4.84 Å². The van der Waals surface area contributed by atoms with Crippen LogP contribution >= 0.6 is 0 Å². The van der Waals surface area contributed by atoms with Crippen molar-refractivity contribution < 1.29 is 9.63 Å². The molecule has 0 aliphatic carbocycles. The molecule has 10 heavy (non-hydrogen) atoms. The van der Waals surface area contributed by atoms with Gasteiger partial charge in [-0.2, -0.15) is 0 Å². The molecule has 0 rings (SSSR count). The van der Waals surface area contributed by atoms with Crippen LogP contribution in [0.1, 0.15) is 19.8 Å². The number of unbranched alkanes of at least 4 members (excludes halogenated alkanes) is 1. The highest BCUT2D eigenvalue weighted by Crippen LogP contribution is 1.93. The predicted octanol–water partition coefficient (Wildman–Crippen LogP) is 0.729. The van der Waals surface area contributed by atoms with Crippen molar-refractivity contribution in [2.45, 2.75) is 19.8 Å². The highest BCUT2D eigenvalue weighted by atomic mass is 16.7. The number of nitrogens with two attached hydrogens (primary N) is 1. The first kappa shape index (κ1) is 9.23. The van der Waals surface area contributed by atoms with Crippen LogP contribution in [0, 0.1) is 0 Å². The van der Waals surface area contributed by atoms with Crippen LogP contribution in [0.4, 0.5) is 4.79 Å². The lowest BCUT2D eigenvalue weighted by molar-refractivity contribution is -0.0837. The highest BCUT2D eigenvalue weighted by Gasteiger charge is 2.05. The number of nitrogens with zero attached hydrogens (tertiary/aromatic N) is 1. The minimum absolute atomic E-state index is 0.532. The van der Waals surface area contributed by atoms with Gasteiger partial charge in [-0.15, -0.1) is 0 Å². The van der Waals surface area contributed by atoms with E-state index in [4.69, 9.17) is 5.73 Å². The van der Waals surface area contributed by atoms with E-state index < -0.39 is 6.03 Å². The zero-order valence-electron chi connectivity index (χ0n) is 6.46. The van der Waals surface area contributed by atoms with Crippen molar-refractivity contribution >= 4 is 6.03 Å². The van der Waals surface area contributed by atoms with Gasteiger partial charge in [0.1, 0.15) is 0 Å². The fourth-order valence-corrected chi connectivity index (χ4v) is 0.593. The number of carbonyl (C=O) groups excluding carboxylic acids is 1. The number of hydrogen-bond donors (Lipinski definition) is 1. The summed E-state index contributed by atoms with van der Waals surface area (Å²) in [6.07, 6.45) is 1.93. The maximum atomic E-state index is 10.5. The average molecular weight is 146 g/mol. The lowest BCUT2D eigenvalue weighted by atomic mass is 10.3. The van der Waals surface area contributed by atoms with Gasteiger partial charge >= 0.3 is 6.03 Å². The Morgan fingerprint density at radius 1 is 1.70 bits per heavy atom.